The fourth-order valence-corrected chi connectivity index (χ4v) is 3.26. The second-order valence-electron chi connectivity index (χ2n) is 6.27. The number of benzene rings is 2. The van der Waals surface area contributed by atoms with Crippen molar-refractivity contribution in [2.75, 3.05) is 5.73 Å². The summed E-state index contributed by atoms with van der Waals surface area (Å²) < 4.78 is 0. The monoisotopic (exact) mass is 313 g/mol. The smallest absolute Gasteiger partial charge is 0.150 e. The molecule has 0 spiro atoms. The summed E-state index contributed by atoms with van der Waals surface area (Å²) in [7, 11) is 0. The van der Waals surface area contributed by atoms with Crippen LogP contribution in [0.5, 0.6) is 0 Å². The van der Waals surface area contributed by atoms with Crippen molar-refractivity contribution in [3.8, 4) is 0 Å². The first-order chi connectivity index (χ1) is 11.7. The van der Waals surface area contributed by atoms with Gasteiger partial charge in [0.25, 0.3) is 0 Å². The van der Waals surface area contributed by atoms with Gasteiger partial charge in [-0.2, -0.15) is 0 Å². The van der Waals surface area contributed by atoms with Gasteiger partial charge in [0.1, 0.15) is 5.52 Å². The van der Waals surface area contributed by atoms with Crippen molar-refractivity contribution in [3.05, 3.63) is 78.0 Å². The minimum absolute atomic E-state index is 0.441. The first-order valence-electron chi connectivity index (χ1n) is 8.20. The fraction of sp³-hybridized carbons (Fsp3) is 0.143. The Hall–Kier alpha value is -2.94. The van der Waals surface area contributed by atoms with Crippen LogP contribution in [0.1, 0.15) is 24.0 Å². The molecule has 3 heteroatoms. The Morgan fingerprint density at radius 2 is 1.71 bits per heavy atom. The van der Waals surface area contributed by atoms with Crippen LogP contribution in [0.25, 0.3) is 21.8 Å². The molecule has 2 aromatic heterocycles. The lowest BCUT2D eigenvalue weighted by Crippen LogP contribution is -2.00. The Kier molecular flexibility index (Phi) is 3.62. The number of rotatable bonds is 3. The Morgan fingerprint density at radius 1 is 0.958 bits per heavy atom. The molecule has 24 heavy (non-hydrogen) atoms. The second kappa shape index (κ2) is 5.93. The molecular weight excluding hydrogens is 294 g/mol. The molecule has 0 saturated heterocycles. The van der Waals surface area contributed by atoms with Crippen LogP contribution in [0.3, 0.4) is 0 Å². The van der Waals surface area contributed by atoms with Crippen molar-refractivity contribution in [1.82, 2.24) is 9.97 Å². The zero-order chi connectivity index (χ0) is 16.5. The average molecular weight is 313 g/mol. The van der Waals surface area contributed by atoms with E-state index in [4.69, 9.17) is 5.73 Å². The van der Waals surface area contributed by atoms with Crippen LogP contribution in [-0.2, 0) is 6.42 Å². The summed E-state index contributed by atoms with van der Waals surface area (Å²) in [4.78, 5) is 9.05. The predicted molar refractivity (Wildman–Crippen MR) is 100 cm³/mol. The molecule has 0 fully saturated rings. The number of nitrogens with two attached hydrogens (primary N) is 1. The molecule has 2 N–H and O–H groups in total. The van der Waals surface area contributed by atoms with E-state index in [1.54, 1.807) is 0 Å². The van der Waals surface area contributed by atoms with Crippen molar-refractivity contribution < 1.29 is 0 Å². The molecular formula is C21H19N3. The highest BCUT2D eigenvalue weighted by molar-refractivity contribution is 6.08. The Balaban J connectivity index is 1.79. The molecule has 3 nitrogen and oxygen atoms in total. The Labute approximate surface area is 141 Å². The molecule has 2 aromatic carbocycles. The van der Waals surface area contributed by atoms with Crippen molar-refractivity contribution in [1.29, 1.82) is 0 Å². The molecule has 0 aliphatic heterocycles. The average Bonchev–Trinajstić information content (AvgIpc) is 2.62. The third-order valence-electron chi connectivity index (χ3n) is 4.53. The minimum atomic E-state index is 0.441. The van der Waals surface area contributed by atoms with Crippen LogP contribution in [0.15, 0.2) is 66.9 Å². The summed E-state index contributed by atoms with van der Waals surface area (Å²) in [6.07, 6.45) is 2.87. The molecule has 0 aliphatic carbocycles. The lowest BCUT2D eigenvalue weighted by atomic mass is 9.94. The van der Waals surface area contributed by atoms with Gasteiger partial charge < -0.3 is 5.73 Å². The van der Waals surface area contributed by atoms with E-state index in [0.717, 1.165) is 28.2 Å². The molecule has 4 aromatic rings. The van der Waals surface area contributed by atoms with Gasteiger partial charge in [-0.1, -0.05) is 55.5 Å². The molecule has 2 heterocycles. The molecule has 4 rings (SSSR count). The van der Waals surface area contributed by atoms with Crippen molar-refractivity contribution in [2.45, 2.75) is 19.3 Å². The van der Waals surface area contributed by atoms with Crippen LogP contribution in [0.4, 0.5) is 5.82 Å². The van der Waals surface area contributed by atoms with Crippen LogP contribution in [0, 0.1) is 0 Å². The van der Waals surface area contributed by atoms with E-state index >= 15 is 0 Å². The van der Waals surface area contributed by atoms with Gasteiger partial charge in [-0.3, -0.25) is 4.98 Å². The molecule has 118 valence electrons. The Bertz CT molecular complexity index is 1010. The summed E-state index contributed by atoms with van der Waals surface area (Å²) in [6.45, 7) is 2.25. The number of para-hydroxylation sites is 1. The lowest BCUT2D eigenvalue weighted by molar-refractivity contribution is 0.758. The van der Waals surface area contributed by atoms with Crippen molar-refractivity contribution in [3.63, 3.8) is 0 Å². The van der Waals surface area contributed by atoms with E-state index in [0.29, 0.717) is 11.7 Å². The number of aromatic nitrogens is 2. The SMILES string of the molecule is CC(Cc1cnc2c(N)nc3ccccc3c2c1)c1ccccc1. The van der Waals surface area contributed by atoms with Gasteiger partial charge in [0, 0.05) is 17.0 Å². The standard InChI is InChI=1S/C21H19N3/c1-14(16-7-3-2-4-8-16)11-15-12-18-17-9-5-6-10-19(17)24-21(22)20(18)23-13-15/h2-10,12-14H,11H2,1H3,(H2,22,24). The summed E-state index contributed by atoms with van der Waals surface area (Å²) in [5.41, 5.74) is 10.3. The number of anilines is 1. The third-order valence-corrected chi connectivity index (χ3v) is 4.53. The van der Waals surface area contributed by atoms with E-state index in [9.17, 15) is 0 Å². The predicted octanol–water partition coefficient (Wildman–Crippen LogP) is 4.71. The normalized spacial score (nSPS) is 12.5. The van der Waals surface area contributed by atoms with E-state index in [-0.39, 0.29) is 0 Å². The largest absolute Gasteiger partial charge is 0.382 e. The molecule has 0 saturated carbocycles. The maximum Gasteiger partial charge on any atom is 0.150 e. The number of hydrogen-bond donors (Lipinski definition) is 1. The van der Waals surface area contributed by atoms with Gasteiger partial charge >= 0.3 is 0 Å². The highest BCUT2D eigenvalue weighted by Crippen LogP contribution is 2.28. The highest BCUT2D eigenvalue weighted by Gasteiger charge is 2.11. The van der Waals surface area contributed by atoms with Gasteiger partial charge in [-0.15, -0.1) is 0 Å². The number of fused-ring (bicyclic) bond motifs is 3. The van der Waals surface area contributed by atoms with Crippen LogP contribution >= 0.6 is 0 Å². The molecule has 1 unspecified atom stereocenters. The van der Waals surface area contributed by atoms with E-state index in [2.05, 4.69) is 59.4 Å². The van der Waals surface area contributed by atoms with Crippen molar-refractivity contribution >= 4 is 27.6 Å². The van der Waals surface area contributed by atoms with Gasteiger partial charge in [-0.05, 0) is 35.6 Å². The fourth-order valence-electron chi connectivity index (χ4n) is 3.26. The number of nitrogens with zero attached hydrogens (tertiary/aromatic N) is 2. The second-order valence-corrected chi connectivity index (χ2v) is 6.27. The first kappa shape index (κ1) is 14.6. The molecule has 0 bridgehead atoms. The van der Waals surface area contributed by atoms with Gasteiger partial charge in [-0.25, -0.2) is 4.98 Å². The lowest BCUT2D eigenvalue weighted by Gasteiger charge is -2.13. The van der Waals surface area contributed by atoms with Gasteiger partial charge in [0.2, 0.25) is 0 Å². The van der Waals surface area contributed by atoms with E-state index in [1.807, 2.05) is 24.4 Å². The summed E-state index contributed by atoms with van der Waals surface area (Å²) >= 11 is 0. The zero-order valence-electron chi connectivity index (χ0n) is 13.6. The van der Waals surface area contributed by atoms with Crippen molar-refractivity contribution in [2.24, 2.45) is 0 Å². The quantitative estimate of drug-likeness (QED) is 0.557. The van der Waals surface area contributed by atoms with E-state index in [1.165, 1.54) is 11.1 Å². The van der Waals surface area contributed by atoms with Crippen LogP contribution < -0.4 is 5.73 Å². The van der Waals surface area contributed by atoms with Gasteiger partial charge in [0.15, 0.2) is 5.82 Å². The molecule has 1 atom stereocenters. The maximum absolute atomic E-state index is 6.09. The third kappa shape index (κ3) is 2.58. The molecule has 0 amide bonds. The summed E-state index contributed by atoms with van der Waals surface area (Å²) in [6, 6.07) is 20.9. The highest BCUT2D eigenvalue weighted by atomic mass is 14.9. The number of pyridine rings is 2. The van der Waals surface area contributed by atoms with Crippen LogP contribution in [0.2, 0.25) is 0 Å². The summed E-state index contributed by atoms with van der Waals surface area (Å²) in [5, 5.41) is 2.18. The van der Waals surface area contributed by atoms with E-state index < -0.39 is 0 Å². The summed E-state index contributed by atoms with van der Waals surface area (Å²) in [5.74, 6) is 0.933. The zero-order valence-corrected chi connectivity index (χ0v) is 13.6. The maximum atomic E-state index is 6.09. The Morgan fingerprint density at radius 3 is 2.54 bits per heavy atom. The van der Waals surface area contributed by atoms with Gasteiger partial charge in [0.05, 0.1) is 5.52 Å². The number of hydrogen-bond acceptors (Lipinski definition) is 3. The molecule has 0 aliphatic rings. The van der Waals surface area contributed by atoms with Crippen LogP contribution in [-0.4, -0.2) is 9.97 Å². The number of nitrogen functional groups attached to an aromatic ring is 1. The minimum Gasteiger partial charge on any atom is -0.382 e. The topological polar surface area (TPSA) is 51.8 Å². The molecule has 0 radical (unpaired) electrons. The first-order valence-corrected chi connectivity index (χ1v) is 8.20.